The van der Waals surface area contributed by atoms with Crippen LogP contribution in [0.3, 0.4) is 0 Å². The van der Waals surface area contributed by atoms with Crippen LogP contribution in [0.1, 0.15) is 5.56 Å². The van der Waals surface area contributed by atoms with E-state index in [0.717, 1.165) is 5.56 Å². The third kappa shape index (κ3) is 6.05. The molecule has 3 aromatic rings. The lowest BCUT2D eigenvalue weighted by molar-refractivity contribution is 0.257. The van der Waals surface area contributed by atoms with Crippen molar-refractivity contribution < 1.29 is 22.3 Å². The SMILES string of the molecule is COc1ccc(S(=O)(=O)NCCN(C(=O)Nc2ccc(C)cc2)c2ccc(F)cc2)cc1. The number of urea groups is 1. The number of aryl methyl sites for hydroxylation is 1. The summed E-state index contributed by atoms with van der Waals surface area (Å²) in [5.74, 6) is 0.104. The highest BCUT2D eigenvalue weighted by Crippen LogP contribution is 2.18. The van der Waals surface area contributed by atoms with E-state index in [-0.39, 0.29) is 18.0 Å². The first kappa shape index (κ1) is 23.2. The highest BCUT2D eigenvalue weighted by molar-refractivity contribution is 7.89. The molecule has 2 amide bonds. The number of carbonyl (C=O) groups excluding carboxylic acids is 1. The standard InChI is InChI=1S/C23H24FN3O4S/c1-17-3-7-19(8-4-17)26-23(28)27(20-9-5-18(24)6-10-20)16-15-25-32(29,30)22-13-11-21(31-2)12-14-22/h3-14,25H,15-16H2,1-2H3,(H,26,28). The average molecular weight is 458 g/mol. The van der Waals surface area contributed by atoms with Gasteiger partial charge in [0.05, 0.1) is 12.0 Å². The van der Waals surface area contributed by atoms with E-state index in [9.17, 15) is 17.6 Å². The lowest BCUT2D eigenvalue weighted by Gasteiger charge is -2.23. The van der Waals surface area contributed by atoms with Gasteiger partial charge in [-0.3, -0.25) is 4.90 Å². The maximum atomic E-state index is 13.4. The second-order valence-corrected chi connectivity index (χ2v) is 8.76. The quantitative estimate of drug-likeness (QED) is 0.532. The number of hydrogen-bond donors (Lipinski definition) is 2. The molecule has 9 heteroatoms. The Hall–Kier alpha value is -3.43. The van der Waals surface area contributed by atoms with E-state index in [1.165, 1.54) is 48.4 Å². The Bertz CT molecular complexity index is 1150. The molecule has 0 saturated carbocycles. The van der Waals surface area contributed by atoms with Gasteiger partial charge in [0.2, 0.25) is 10.0 Å². The molecule has 0 unspecified atom stereocenters. The van der Waals surface area contributed by atoms with E-state index in [4.69, 9.17) is 4.74 Å². The van der Waals surface area contributed by atoms with Crippen molar-refractivity contribution in [3.05, 3.63) is 84.2 Å². The number of hydrogen-bond acceptors (Lipinski definition) is 4. The molecule has 0 spiro atoms. The number of methoxy groups -OCH3 is 1. The van der Waals surface area contributed by atoms with Crippen LogP contribution < -0.4 is 19.7 Å². The van der Waals surface area contributed by atoms with Crippen molar-refractivity contribution in [2.24, 2.45) is 0 Å². The molecule has 2 N–H and O–H groups in total. The van der Waals surface area contributed by atoms with E-state index < -0.39 is 21.9 Å². The molecule has 0 aliphatic rings. The molecule has 3 rings (SSSR count). The van der Waals surface area contributed by atoms with Gasteiger partial charge in [0.15, 0.2) is 0 Å². The summed E-state index contributed by atoms with van der Waals surface area (Å²) >= 11 is 0. The zero-order valence-corrected chi connectivity index (χ0v) is 18.5. The summed E-state index contributed by atoms with van der Waals surface area (Å²) < 4.78 is 46.0. The maximum Gasteiger partial charge on any atom is 0.326 e. The summed E-state index contributed by atoms with van der Waals surface area (Å²) in [4.78, 5) is 14.3. The van der Waals surface area contributed by atoms with Crippen LogP contribution in [0.2, 0.25) is 0 Å². The van der Waals surface area contributed by atoms with E-state index in [1.54, 1.807) is 24.3 Å². The number of anilines is 2. The van der Waals surface area contributed by atoms with Crippen molar-refractivity contribution in [1.82, 2.24) is 4.72 Å². The minimum atomic E-state index is -3.78. The van der Waals surface area contributed by atoms with Crippen LogP contribution in [0.15, 0.2) is 77.7 Å². The zero-order chi connectivity index (χ0) is 23.1. The molecular formula is C23H24FN3O4S. The number of rotatable bonds is 8. The third-order valence-electron chi connectivity index (χ3n) is 4.68. The minimum absolute atomic E-state index is 0.0265. The Labute approximate surface area is 186 Å². The van der Waals surface area contributed by atoms with E-state index in [0.29, 0.717) is 17.1 Å². The van der Waals surface area contributed by atoms with Gasteiger partial charge in [0.1, 0.15) is 11.6 Å². The molecule has 0 fully saturated rings. The number of nitrogens with one attached hydrogen (secondary N) is 2. The number of benzene rings is 3. The monoisotopic (exact) mass is 457 g/mol. The highest BCUT2D eigenvalue weighted by atomic mass is 32.2. The first-order chi connectivity index (χ1) is 15.3. The molecule has 0 aliphatic carbocycles. The maximum absolute atomic E-state index is 13.4. The number of nitrogens with zero attached hydrogens (tertiary/aromatic N) is 1. The molecule has 0 atom stereocenters. The number of amides is 2. The Morgan fingerprint density at radius 2 is 1.59 bits per heavy atom. The van der Waals surface area contributed by atoms with Gasteiger partial charge in [-0.1, -0.05) is 17.7 Å². The summed E-state index contributed by atoms with van der Waals surface area (Å²) in [5, 5.41) is 2.78. The smallest absolute Gasteiger partial charge is 0.326 e. The van der Waals surface area contributed by atoms with Crippen molar-refractivity contribution in [3.63, 3.8) is 0 Å². The van der Waals surface area contributed by atoms with Gasteiger partial charge in [-0.2, -0.15) is 0 Å². The Kier molecular flexibility index (Phi) is 7.45. The molecule has 7 nitrogen and oxygen atoms in total. The summed E-state index contributed by atoms with van der Waals surface area (Å²) in [5.41, 5.74) is 2.07. The fraction of sp³-hybridized carbons (Fsp3) is 0.174. The lowest BCUT2D eigenvalue weighted by Crippen LogP contribution is -2.41. The highest BCUT2D eigenvalue weighted by Gasteiger charge is 2.19. The number of carbonyl (C=O) groups is 1. The minimum Gasteiger partial charge on any atom is -0.497 e. The van der Waals surface area contributed by atoms with Crippen molar-refractivity contribution in [1.29, 1.82) is 0 Å². The second-order valence-electron chi connectivity index (χ2n) is 7.00. The Morgan fingerprint density at radius 3 is 2.19 bits per heavy atom. The lowest BCUT2D eigenvalue weighted by atomic mass is 10.2. The number of ether oxygens (including phenoxy) is 1. The van der Waals surface area contributed by atoms with Gasteiger partial charge >= 0.3 is 6.03 Å². The van der Waals surface area contributed by atoms with Crippen molar-refractivity contribution in [2.75, 3.05) is 30.4 Å². The summed E-state index contributed by atoms with van der Waals surface area (Å²) in [6.45, 7) is 1.91. The van der Waals surface area contributed by atoms with Gasteiger partial charge in [-0.15, -0.1) is 0 Å². The van der Waals surface area contributed by atoms with Crippen molar-refractivity contribution >= 4 is 27.4 Å². The van der Waals surface area contributed by atoms with Crippen LogP contribution in [0.5, 0.6) is 5.75 Å². The summed E-state index contributed by atoms with van der Waals surface area (Å²) in [6, 6.07) is 18.2. The van der Waals surface area contributed by atoms with Gasteiger partial charge in [0, 0.05) is 24.5 Å². The molecule has 0 radical (unpaired) electrons. The molecule has 168 valence electrons. The first-order valence-electron chi connectivity index (χ1n) is 9.83. The number of halogens is 1. The van der Waals surface area contributed by atoms with E-state index in [1.807, 2.05) is 19.1 Å². The van der Waals surface area contributed by atoms with Crippen molar-refractivity contribution in [3.8, 4) is 5.75 Å². The predicted molar refractivity (Wildman–Crippen MR) is 122 cm³/mol. The van der Waals surface area contributed by atoms with Gasteiger partial charge in [-0.05, 0) is 67.6 Å². The molecule has 32 heavy (non-hydrogen) atoms. The molecule has 0 aliphatic heterocycles. The summed E-state index contributed by atoms with van der Waals surface area (Å²) in [6.07, 6.45) is 0. The molecule has 0 saturated heterocycles. The second kappa shape index (κ2) is 10.3. The van der Waals surface area contributed by atoms with Crippen LogP contribution in [0, 0.1) is 12.7 Å². The van der Waals surface area contributed by atoms with Gasteiger partial charge in [0.25, 0.3) is 0 Å². The van der Waals surface area contributed by atoms with Crippen LogP contribution in [0.25, 0.3) is 0 Å². The molecular weight excluding hydrogens is 433 g/mol. The average Bonchev–Trinajstić information content (AvgIpc) is 2.79. The fourth-order valence-electron chi connectivity index (χ4n) is 2.93. The van der Waals surface area contributed by atoms with E-state index >= 15 is 0 Å². The van der Waals surface area contributed by atoms with Crippen LogP contribution in [-0.4, -0.2) is 34.6 Å². The van der Waals surface area contributed by atoms with Gasteiger partial charge in [-0.25, -0.2) is 22.3 Å². The van der Waals surface area contributed by atoms with E-state index in [2.05, 4.69) is 10.0 Å². The van der Waals surface area contributed by atoms with Crippen LogP contribution >= 0.6 is 0 Å². The largest absolute Gasteiger partial charge is 0.497 e. The topological polar surface area (TPSA) is 87.7 Å². The fourth-order valence-corrected chi connectivity index (χ4v) is 3.95. The predicted octanol–water partition coefficient (Wildman–Crippen LogP) is 4.16. The van der Waals surface area contributed by atoms with Crippen molar-refractivity contribution in [2.45, 2.75) is 11.8 Å². The molecule has 0 heterocycles. The molecule has 0 bridgehead atoms. The Morgan fingerprint density at radius 1 is 0.969 bits per heavy atom. The van der Waals surface area contributed by atoms with Gasteiger partial charge < -0.3 is 10.1 Å². The normalized spacial score (nSPS) is 11.1. The molecule has 0 aromatic heterocycles. The zero-order valence-electron chi connectivity index (χ0n) is 17.7. The number of sulfonamides is 1. The summed E-state index contributed by atoms with van der Waals surface area (Å²) in [7, 11) is -2.29. The molecule has 3 aromatic carbocycles. The first-order valence-corrected chi connectivity index (χ1v) is 11.3. The van der Waals surface area contributed by atoms with Crippen LogP contribution in [-0.2, 0) is 10.0 Å². The van der Waals surface area contributed by atoms with Crippen LogP contribution in [0.4, 0.5) is 20.6 Å². The third-order valence-corrected chi connectivity index (χ3v) is 6.16. The Balaban J connectivity index is 1.72.